The van der Waals surface area contributed by atoms with Gasteiger partial charge in [-0.25, -0.2) is 0 Å². The van der Waals surface area contributed by atoms with Gasteiger partial charge in [-0.2, -0.15) is 0 Å². The van der Waals surface area contributed by atoms with Crippen LogP contribution in [-0.2, 0) is 4.79 Å². The van der Waals surface area contributed by atoms with Gasteiger partial charge in [0, 0.05) is 18.5 Å². The first-order valence-electron chi connectivity index (χ1n) is 6.06. The summed E-state index contributed by atoms with van der Waals surface area (Å²) in [4.78, 5) is 14.2. The second kappa shape index (κ2) is 3.78. The topological polar surface area (TPSA) is 46.3 Å². The van der Waals surface area contributed by atoms with Crippen molar-refractivity contribution in [3.63, 3.8) is 0 Å². The Kier molecular flexibility index (Phi) is 2.75. The molecule has 2 rings (SSSR count). The van der Waals surface area contributed by atoms with Gasteiger partial charge in [-0.3, -0.25) is 4.79 Å². The molecule has 1 amide bonds. The number of hydrogen-bond donors (Lipinski definition) is 1. The Hall–Kier alpha value is -0.570. The molecule has 1 aliphatic heterocycles. The van der Waals surface area contributed by atoms with Crippen molar-refractivity contribution in [2.45, 2.75) is 33.1 Å². The van der Waals surface area contributed by atoms with E-state index in [-0.39, 0.29) is 5.41 Å². The van der Waals surface area contributed by atoms with E-state index in [1.165, 1.54) is 0 Å². The largest absolute Gasteiger partial charge is 0.342 e. The van der Waals surface area contributed by atoms with E-state index in [0.717, 1.165) is 38.9 Å². The molecule has 2 aliphatic rings. The average Bonchev–Trinajstić information content (AvgIpc) is 2.84. The number of amides is 1. The summed E-state index contributed by atoms with van der Waals surface area (Å²) in [6.07, 6.45) is 3.22. The zero-order valence-corrected chi connectivity index (χ0v) is 9.83. The summed E-state index contributed by atoms with van der Waals surface area (Å²) in [5.41, 5.74) is 5.58. The minimum Gasteiger partial charge on any atom is -0.342 e. The lowest BCUT2D eigenvalue weighted by atomic mass is 9.95. The number of nitrogens with zero attached hydrogens (tertiary/aromatic N) is 1. The quantitative estimate of drug-likeness (QED) is 0.761. The van der Waals surface area contributed by atoms with Crippen molar-refractivity contribution in [1.29, 1.82) is 0 Å². The van der Waals surface area contributed by atoms with Gasteiger partial charge >= 0.3 is 0 Å². The molecule has 0 radical (unpaired) electrons. The number of rotatable bonds is 3. The third-order valence-corrected chi connectivity index (χ3v) is 4.11. The number of hydrogen-bond acceptors (Lipinski definition) is 2. The Morgan fingerprint density at radius 2 is 2.13 bits per heavy atom. The molecule has 1 saturated carbocycles. The third kappa shape index (κ3) is 2.03. The van der Waals surface area contributed by atoms with Gasteiger partial charge in [-0.1, -0.05) is 13.8 Å². The van der Waals surface area contributed by atoms with E-state index < -0.39 is 0 Å². The maximum atomic E-state index is 12.1. The summed E-state index contributed by atoms with van der Waals surface area (Å²) in [5.74, 6) is 1.63. The Morgan fingerprint density at radius 1 is 1.47 bits per heavy atom. The van der Waals surface area contributed by atoms with Crippen molar-refractivity contribution < 1.29 is 4.79 Å². The van der Waals surface area contributed by atoms with Crippen LogP contribution in [0.4, 0.5) is 0 Å². The molecule has 15 heavy (non-hydrogen) atoms. The second-order valence-electron chi connectivity index (χ2n) is 5.59. The highest BCUT2D eigenvalue weighted by Crippen LogP contribution is 2.47. The minimum absolute atomic E-state index is 0.00265. The highest BCUT2D eigenvalue weighted by molar-refractivity contribution is 5.85. The van der Waals surface area contributed by atoms with Crippen LogP contribution in [0.3, 0.4) is 0 Å². The smallest absolute Gasteiger partial charge is 0.228 e. The summed E-state index contributed by atoms with van der Waals surface area (Å²) in [7, 11) is 0. The van der Waals surface area contributed by atoms with Gasteiger partial charge in [-0.05, 0) is 37.6 Å². The number of carbonyl (C=O) groups is 1. The molecule has 0 unspecified atom stereocenters. The maximum absolute atomic E-state index is 12.1. The molecule has 1 heterocycles. The van der Waals surface area contributed by atoms with Crippen molar-refractivity contribution in [3.05, 3.63) is 0 Å². The van der Waals surface area contributed by atoms with Gasteiger partial charge in [0.05, 0.1) is 0 Å². The molecular weight excluding hydrogens is 188 g/mol. The normalized spacial score (nSPS) is 33.1. The Morgan fingerprint density at radius 3 is 2.67 bits per heavy atom. The predicted molar refractivity (Wildman–Crippen MR) is 60.2 cm³/mol. The van der Waals surface area contributed by atoms with Gasteiger partial charge in [-0.15, -0.1) is 0 Å². The zero-order chi connectivity index (χ0) is 11.1. The molecule has 3 nitrogen and oxygen atoms in total. The zero-order valence-electron chi connectivity index (χ0n) is 9.83. The third-order valence-electron chi connectivity index (χ3n) is 4.11. The van der Waals surface area contributed by atoms with Crippen LogP contribution in [0, 0.1) is 17.3 Å². The molecule has 1 saturated heterocycles. The van der Waals surface area contributed by atoms with Gasteiger partial charge in [0.1, 0.15) is 0 Å². The van der Waals surface area contributed by atoms with Crippen LogP contribution in [0.5, 0.6) is 0 Å². The molecule has 86 valence electrons. The Bertz CT molecular complexity index is 260. The molecule has 2 N–H and O–H groups in total. The van der Waals surface area contributed by atoms with Crippen LogP contribution in [0.1, 0.15) is 33.1 Å². The van der Waals surface area contributed by atoms with Crippen LogP contribution in [0.15, 0.2) is 0 Å². The van der Waals surface area contributed by atoms with Crippen LogP contribution in [-0.4, -0.2) is 30.4 Å². The molecule has 0 aromatic heterocycles. The lowest BCUT2D eigenvalue weighted by Gasteiger charge is -2.20. The van der Waals surface area contributed by atoms with Crippen molar-refractivity contribution in [1.82, 2.24) is 4.90 Å². The SMILES string of the molecule is C[C@@H]1CN(C(=O)C2(C)CC2)C[C@H]1CCN. The highest BCUT2D eigenvalue weighted by Gasteiger charge is 2.48. The summed E-state index contributed by atoms with van der Waals surface area (Å²) in [6.45, 7) is 6.96. The lowest BCUT2D eigenvalue weighted by molar-refractivity contribution is -0.135. The number of nitrogens with two attached hydrogens (primary N) is 1. The molecule has 0 bridgehead atoms. The second-order valence-corrected chi connectivity index (χ2v) is 5.59. The molecule has 0 spiro atoms. The van der Waals surface area contributed by atoms with E-state index in [2.05, 4.69) is 18.7 Å². The van der Waals surface area contributed by atoms with Gasteiger partial charge in [0.25, 0.3) is 0 Å². The van der Waals surface area contributed by atoms with Crippen LogP contribution in [0.2, 0.25) is 0 Å². The Labute approximate surface area is 92.0 Å². The summed E-state index contributed by atoms with van der Waals surface area (Å²) in [6, 6.07) is 0. The lowest BCUT2D eigenvalue weighted by Crippen LogP contribution is -2.34. The Balaban J connectivity index is 1.93. The van der Waals surface area contributed by atoms with Crippen LogP contribution >= 0.6 is 0 Å². The maximum Gasteiger partial charge on any atom is 0.228 e. The van der Waals surface area contributed by atoms with E-state index in [1.807, 2.05) is 0 Å². The monoisotopic (exact) mass is 210 g/mol. The van der Waals surface area contributed by atoms with Crippen molar-refractivity contribution in [2.75, 3.05) is 19.6 Å². The fourth-order valence-electron chi connectivity index (χ4n) is 2.57. The van der Waals surface area contributed by atoms with Crippen LogP contribution < -0.4 is 5.73 Å². The van der Waals surface area contributed by atoms with E-state index in [9.17, 15) is 4.79 Å². The summed E-state index contributed by atoms with van der Waals surface area (Å²) < 4.78 is 0. The molecular formula is C12H22N2O. The first kappa shape index (κ1) is 10.9. The van der Waals surface area contributed by atoms with E-state index >= 15 is 0 Å². The molecule has 2 atom stereocenters. The van der Waals surface area contributed by atoms with Crippen molar-refractivity contribution in [2.24, 2.45) is 23.0 Å². The van der Waals surface area contributed by atoms with Crippen LogP contribution in [0.25, 0.3) is 0 Å². The van der Waals surface area contributed by atoms with E-state index in [4.69, 9.17) is 5.73 Å². The number of likely N-dealkylation sites (tertiary alicyclic amines) is 1. The van der Waals surface area contributed by atoms with Crippen molar-refractivity contribution in [3.8, 4) is 0 Å². The predicted octanol–water partition coefficient (Wildman–Crippen LogP) is 1.23. The molecule has 0 aromatic rings. The average molecular weight is 210 g/mol. The van der Waals surface area contributed by atoms with Gasteiger partial charge in [0.15, 0.2) is 0 Å². The summed E-state index contributed by atoms with van der Waals surface area (Å²) >= 11 is 0. The van der Waals surface area contributed by atoms with E-state index in [1.54, 1.807) is 0 Å². The number of carbonyl (C=O) groups excluding carboxylic acids is 1. The molecule has 1 aliphatic carbocycles. The minimum atomic E-state index is -0.00265. The van der Waals surface area contributed by atoms with Gasteiger partial charge in [0.2, 0.25) is 5.91 Å². The molecule has 3 heteroatoms. The summed E-state index contributed by atoms with van der Waals surface area (Å²) in [5, 5.41) is 0. The standard InChI is InChI=1S/C12H22N2O/c1-9-7-14(8-10(9)3-6-13)11(15)12(2)4-5-12/h9-10H,3-8,13H2,1-2H3/t9-,10-/m1/s1. The fraction of sp³-hybridized carbons (Fsp3) is 0.917. The van der Waals surface area contributed by atoms with E-state index in [0.29, 0.717) is 17.7 Å². The van der Waals surface area contributed by atoms with Crippen molar-refractivity contribution >= 4 is 5.91 Å². The fourth-order valence-corrected chi connectivity index (χ4v) is 2.57. The first-order chi connectivity index (χ1) is 7.07. The highest BCUT2D eigenvalue weighted by atomic mass is 16.2. The van der Waals surface area contributed by atoms with Gasteiger partial charge < -0.3 is 10.6 Å². The first-order valence-corrected chi connectivity index (χ1v) is 6.06. The molecule has 0 aromatic carbocycles. The molecule has 2 fully saturated rings.